The Kier molecular flexibility index (Phi) is 5.21. The van der Waals surface area contributed by atoms with Gasteiger partial charge in [-0.15, -0.1) is 0 Å². The average molecular weight is 441 g/mol. The predicted molar refractivity (Wildman–Crippen MR) is 135 cm³/mol. The molecule has 182 valence electrons. The van der Waals surface area contributed by atoms with Crippen LogP contribution in [0.3, 0.4) is 0 Å². The molecule has 0 aromatic heterocycles. The smallest absolute Gasteiger partial charge is 0.0594 e. The average Bonchev–Trinajstić information content (AvgIpc) is 3.31. The van der Waals surface area contributed by atoms with Crippen LogP contribution in [0.2, 0.25) is 0 Å². The Morgan fingerprint density at radius 2 is 1.47 bits per heavy atom. The molecular formula is C31H52O. The fourth-order valence-corrected chi connectivity index (χ4v) is 11.0. The molecule has 0 aromatic rings. The summed E-state index contributed by atoms with van der Waals surface area (Å²) in [6.45, 7) is 22.1. The van der Waals surface area contributed by atoms with Gasteiger partial charge in [0.25, 0.3) is 0 Å². The van der Waals surface area contributed by atoms with Crippen LogP contribution >= 0.6 is 0 Å². The lowest BCUT2D eigenvalue weighted by Crippen LogP contribution is -2.57. The lowest BCUT2D eigenvalue weighted by Gasteiger charge is -2.63. The van der Waals surface area contributed by atoms with Crippen molar-refractivity contribution in [2.45, 2.75) is 125 Å². The van der Waals surface area contributed by atoms with Crippen molar-refractivity contribution in [2.24, 2.45) is 56.7 Å². The molecule has 0 amide bonds. The van der Waals surface area contributed by atoms with Gasteiger partial charge in [-0.3, -0.25) is 0 Å². The van der Waals surface area contributed by atoms with Gasteiger partial charge in [0.05, 0.1) is 6.10 Å². The Labute approximate surface area is 199 Å². The van der Waals surface area contributed by atoms with Gasteiger partial charge in [0.1, 0.15) is 0 Å². The van der Waals surface area contributed by atoms with Gasteiger partial charge in [0.15, 0.2) is 0 Å². The maximum Gasteiger partial charge on any atom is 0.0594 e. The molecule has 0 aromatic carbocycles. The standard InChI is InChI=1S/C31H52O/c1-20(2)9-10-21(3)22(4)23-13-15-29(8)25-12-11-24-27(5,6)26(32)14-16-30(24)19-31(25,30)18-17-28(23,29)7/h20-21,23-26,32H,4,9-19H2,1-3,5-8H3/t21-,23-,24-,25-,26+,28-,29+,30-,31+/m1/s1. The Balaban J connectivity index is 1.41. The Hall–Kier alpha value is -0.300. The van der Waals surface area contributed by atoms with Crippen molar-refractivity contribution < 1.29 is 5.11 Å². The van der Waals surface area contributed by atoms with Gasteiger partial charge < -0.3 is 5.11 Å². The molecule has 5 saturated carbocycles. The number of hydrogen-bond donors (Lipinski definition) is 1. The first-order chi connectivity index (χ1) is 14.9. The van der Waals surface area contributed by atoms with E-state index in [1.165, 1.54) is 64.2 Å². The molecule has 1 heteroatoms. The van der Waals surface area contributed by atoms with Gasteiger partial charge >= 0.3 is 0 Å². The van der Waals surface area contributed by atoms with E-state index >= 15 is 0 Å². The van der Waals surface area contributed by atoms with Crippen LogP contribution in [-0.2, 0) is 0 Å². The fraction of sp³-hybridized carbons (Fsp3) is 0.935. The van der Waals surface area contributed by atoms with E-state index in [0.717, 1.165) is 30.1 Å². The van der Waals surface area contributed by atoms with Crippen LogP contribution in [0.25, 0.3) is 0 Å². The maximum absolute atomic E-state index is 10.9. The first kappa shape index (κ1) is 23.4. The fourth-order valence-electron chi connectivity index (χ4n) is 11.0. The zero-order valence-corrected chi connectivity index (χ0v) is 22.4. The van der Waals surface area contributed by atoms with Crippen molar-refractivity contribution in [3.8, 4) is 0 Å². The zero-order valence-electron chi connectivity index (χ0n) is 22.4. The molecule has 0 bridgehead atoms. The minimum absolute atomic E-state index is 0.0942. The molecule has 0 saturated heterocycles. The van der Waals surface area contributed by atoms with Crippen LogP contribution in [0.5, 0.6) is 0 Å². The molecule has 2 spiro atoms. The highest BCUT2D eigenvalue weighted by Gasteiger charge is 2.82. The van der Waals surface area contributed by atoms with Crippen LogP contribution in [0.15, 0.2) is 12.2 Å². The molecule has 5 aliphatic carbocycles. The largest absolute Gasteiger partial charge is 0.393 e. The normalized spacial score (nSPS) is 51.9. The van der Waals surface area contributed by atoms with Crippen molar-refractivity contribution in [1.82, 2.24) is 0 Å². The quantitative estimate of drug-likeness (QED) is 0.425. The minimum atomic E-state index is -0.0942. The minimum Gasteiger partial charge on any atom is -0.393 e. The van der Waals surface area contributed by atoms with E-state index < -0.39 is 0 Å². The van der Waals surface area contributed by atoms with E-state index in [4.69, 9.17) is 6.58 Å². The van der Waals surface area contributed by atoms with Crippen molar-refractivity contribution in [3.63, 3.8) is 0 Å². The highest BCUT2D eigenvalue weighted by molar-refractivity contribution is 5.32. The molecule has 0 aliphatic heterocycles. The van der Waals surface area contributed by atoms with Crippen LogP contribution in [0, 0.1) is 56.7 Å². The third-order valence-corrected chi connectivity index (χ3v) is 13.3. The van der Waals surface area contributed by atoms with Gasteiger partial charge in [-0.1, -0.05) is 67.0 Å². The highest BCUT2D eigenvalue weighted by atomic mass is 16.3. The lowest BCUT2D eigenvalue weighted by atomic mass is 9.42. The first-order valence-electron chi connectivity index (χ1n) is 14.2. The summed E-state index contributed by atoms with van der Waals surface area (Å²) < 4.78 is 0. The third-order valence-electron chi connectivity index (χ3n) is 13.3. The van der Waals surface area contributed by atoms with Gasteiger partial charge in [-0.25, -0.2) is 0 Å². The Morgan fingerprint density at radius 3 is 2.16 bits per heavy atom. The van der Waals surface area contributed by atoms with Crippen molar-refractivity contribution in [2.75, 3.05) is 0 Å². The van der Waals surface area contributed by atoms with E-state index in [1.54, 1.807) is 5.57 Å². The van der Waals surface area contributed by atoms with Crippen LogP contribution in [0.1, 0.15) is 119 Å². The molecule has 0 radical (unpaired) electrons. The second kappa shape index (κ2) is 7.11. The number of aliphatic hydroxyl groups excluding tert-OH is 1. The van der Waals surface area contributed by atoms with Crippen molar-refractivity contribution in [3.05, 3.63) is 12.2 Å². The summed E-state index contributed by atoms with van der Waals surface area (Å²) >= 11 is 0. The molecule has 5 rings (SSSR count). The number of rotatable bonds is 5. The van der Waals surface area contributed by atoms with E-state index in [9.17, 15) is 5.11 Å². The van der Waals surface area contributed by atoms with Crippen LogP contribution < -0.4 is 0 Å². The number of hydrogen-bond acceptors (Lipinski definition) is 1. The third kappa shape index (κ3) is 2.73. The Bertz CT molecular complexity index is 779. The van der Waals surface area contributed by atoms with Crippen LogP contribution in [-0.4, -0.2) is 11.2 Å². The molecule has 0 heterocycles. The second-order valence-corrected chi connectivity index (χ2v) is 14.9. The SMILES string of the molecule is C=C([C@H](C)CCC(C)C)[C@H]1CC[C@@]2(C)[C@H]3CC[C@@H]4C(C)(C)[C@@H](O)CC[C@@]45C[C@@]35CC[C@]12C. The number of fused-ring (bicyclic) bond motifs is 2. The van der Waals surface area contributed by atoms with Crippen molar-refractivity contribution >= 4 is 0 Å². The summed E-state index contributed by atoms with van der Waals surface area (Å²) in [5, 5.41) is 10.9. The summed E-state index contributed by atoms with van der Waals surface area (Å²) in [5.41, 5.74) is 3.77. The summed E-state index contributed by atoms with van der Waals surface area (Å²) in [6.07, 6.45) is 14.8. The van der Waals surface area contributed by atoms with Gasteiger partial charge in [-0.05, 0) is 121 Å². The summed E-state index contributed by atoms with van der Waals surface area (Å²) in [5.74, 6) is 3.83. The maximum atomic E-state index is 10.9. The van der Waals surface area contributed by atoms with Crippen molar-refractivity contribution in [1.29, 1.82) is 0 Å². The molecule has 1 nitrogen and oxygen atoms in total. The van der Waals surface area contributed by atoms with E-state index in [2.05, 4.69) is 48.5 Å². The monoisotopic (exact) mass is 440 g/mol. The molecule has 32 heavy (non-hydrogen) atoms. The zero-order chi connectivity index (χ0) is 23.3. The van der Waals surface area contributed by atoms with Gasteiger partial charge in [0, 0.05) is 0 Å². The molecule has 0 unspecified atom stereocenters. The number of allylic oxidation sites excluding steroid dienone is 1. The van der Waals surface area contributed by atoms with E-state index in [-0.39, 0.29) is 11.5 Å². The number of aliphatic hydroxyl groups is 1. The molecule has 5 aliphatic rings. The van der Waals surface area contributed by atoms with Crippen LogP contribution in [0.4, 0.5) is 0 Å². The molecule has 5 fully saturated rings. The summed E-state index contributed by atoms with van der Waals surface area (Å²) in [7, 11) is 0. The molecular weight excluding hydrogens is 388 g/mol. The molecule has 1 N–H and O–H groups in total. The molecule has 9 atom stereocenters. The summed E-state index contributed by atoms with van der Waals surface area (Å²) in [4.78, 5) is 0. The van der Waals surface area contributed by atoms with E-state index in [0.29, 0.717) is 27.6 Å². The highest BCUT2D eigenvalue weighted by Crippen LogP contribution is 2.89. The lowest BCUT2D eigenvalue weighted by molar-refractivity contribution is -0.157. The van der Waals surface area contributed by atoms with Gasteiger partial charge in [-0.2, -0.15) is 0 Å². The second-order valence-electron chi connectivity index (χ2n) is 14.9. The van der Waals surface area contributed by atoms with Gasteiger partial charge in [0.2, 0.25) is 0 Å². The predicted octanol–water partition coefficient (Wildman–Crippen LogP) is 8.41. The summed E-state index contributed by atoms with van der Waals surface area (Å²) in [6, 6.07) is 0. The first-order valence-corrected chi connectivity index (χ1v) is 14.2. The topological polar surface area (TPSA) is 20.2 Å². The van der Waals surface area contributed by atoms with E-state index in [1.807, 2.05) is 0 Å². The Morgan fingerprint density at radius 1 is 0.812 bits per heavy atom.